The molecule has 1 amide bonds. The molecule has 10 heteroatoms. The average molecular weight is 537 g/mol. The van der Waals surface area contributed by atoms with E-state index in [1.165, 1.54) is 4.68 Å². The summed E-state index contributed by atoms with van der Waals surface area (Å²) in [6.45, 7) is 1.43. The highest BCUT2D eigenvalue weighted by Crippen LogP contribution is 2.38. The predicted octanol–water partition coefficient (Wildman–Crippen LogP) is 4.01. The third-order valence-corrected chi connectivity index (χ3v) is 7.83. The Bertz CT molecular complexity index is 1460. The van der Waals surface area contributed by atoms with Gasteiger partial charge in [0.25, 0.3) is 5.56 Å². The summed E-state index contributed by atoms with van der Waals surface area (Å²) >= 11 is 7.40. The van der Waals surface area contributed by atoms with Crippen molar-refractivity contribution in [3.05, 3.63) is 105 Å². The molecule has 4 aromatic rings. The second-order valence-corrected chi connectivity index (χ2v) is 10.1. The number of amides is 1. The highest BCUT2D eigenvalue weighted by atomic mass is 35.5. The van der Waals surface area contributed by atoms with Gasteiger partial charge in [-0.1, -0.05) is 78.0 Å². The minimum absolute atomic E-state index is 0.163. The smallest absolute Gasteiger partial charge is 0.282 e. The summed E-state index contributed by atoms with van der Waals surface area (Å²) in [7, 11) is 0. The van der Waals surface area contributed by atoms with Crippen LogP contribution in [0.25, 0.3) is 0 Å². The molecule has 3 aromatic carbocycles. The van der Waals surface area contributed by atoms with E-state index in [9.17, 15) is 14.7 Å². The number of carbonyl (C=O) groups is 1. The van der Waals surface area contributed by atoms with E-state index < -0.39 is 23.6 Å². The van der Waals surface area contributed by atoms with Gasteiger partial charge >= 0.3 is 0 Å². The van der Waals surface area contributed by atoms with Gasteiger partial charge in [-0.25, -0.2) is 4.68 Å². The van der Waals surface area contributed by atoms with E-state index in [4.69, 9.17) is 22.1 Å². The first-order valence-corrected chi connectivity index (χ1v) is 12.9. The van der Waals surface area contributed by atoms with Crippen LogP contribution < -0.4 is 16.2 Å². The Labute approximate surface area is 222 Å². The number of benzene rings is 3. The molecule has 1 aliphatic heterocycles. The number of primary amides is 1. The zero-order chi connectivity index (χ0) is 25.9. The summed E-state index contributed by atoms with van der Waals surface area (Å²) in [4.78, 5) is 27.4. The lowest BCUT2D eigenvalue weighted by molar-refractivity contribution is -0.130. The molecule has 4 N–H and O–H groups in total. The number of nitrogens with two attached hydrogens (primary N) is 1. The molecule has 0 radical (unpaired) electrons. The summed E-state index contributed by atoms with van der Waals surface area (Å²) in [6, 6.07) is 24.1. The highest BCUT2D eigenvalue weighted by Gasteiger charge is 2.27. The normalized spacial score (nSPS) is 16.5. The van der Waals surface area contributed by atoms with E-state index in [1.54, 1.807) is 12.1 Å². The summed E-state index contributed by atoms with van der Waals surface area (Å²) in [6.07, 6.45) is -0.651. The van der Waals surface area contributed by atoms with E-state index in [1.807, 2.05) is 71.6 Å². The number of nitrogens with zero attached hydrogens (tertiary/aromatic N) is 2. The second-order valence-electron chi connectivity index (χ2n) is 8.61. The van der Waals surface area contributed by atoms with Crippen molar-refractivity contribution >= 4 is 35.0 Å². The number of aromatic hydroxyl groups is 1. The Balaban J connectivity index is 1.50. The van der Waals surface area contributed by atoms with Gasteiger partial charge in [0.15, 0.2) is 6.10 Å². The van der Waals surface area contributed by atoms with Crippen LogP contribution in [-0.4, -0.2) is 46.6 Å². The third kappa shape index (κ3) is 5.24. The number of morpholine rings is 1. The van der Waals surface area contributed by atoms with Crippen LogP contribution in [0.5, 0.6) is 5.88 Å². The average Bonchev–Trinajstić information content (AvgIpc) is 3.19. The van der Waals surface area contributed by atoms with Crippen molar-refractivity contribution in [3.8, 4) is 5.88 Å². The van der Waals surface area contributed by atoms with Crippen LogP contribution in [0.4, 0.5) is 5.69 Å². The molecule has 0 bridgehead atoms. The maximum Gasteiger partial charge on any atom is 0.282 e. The maximum atomic E-state index is 12.9. The minimum Gasteiger partial charge on any atom is -0.493 e. The van der Waals surface area contributed by atoms with Crippen LogP contribution in [0.1, 0.15) is 17.2 Å². The van der Waals surface area contributed by atoms with Crippen LogP contribution >= 0.6 is 23.4 Å². The van der Waals surface area contributed by atoms with Gasteiger partial charge in [0, 0.05) is 17.1 Å². The van der Waals surface area contributed by atoms with Crippen molar-refractivity contribution in [1.82, 2.24) is 9.78 Å². The molecule has 5 rings (SSSR count). The quantitative estimate of drug-likeness (QED) is 0.329. The number of hydrogen-bond donors (Lipinski definition) is 3. The van der Waals surface area contributed by atoms with Gasteiger partial charge in [0.2, 0.25) is 11.8 Å². The van der Waals surface area contributed by atoms with Gasteiger partial charge in [-0.3, -0.25) is 14.7 Å². The highest BCUT2D eigenvalue weighted by molar-refractivity contribution is 7.99. The molecule has 1 aromatic heterocycles. The first-order chi connectivity index (χ1) is 17.9. The molecule has 0 saturated carbocycles. The molecule has 2 atom stereocenters. The molecule has 190 valence electrons. The zero-order valence-corrected chi connectivity index (χ0v) is 21.3. The van der Waals surface area contributed by atoms with Crippen molar-refractivity contribution in [2.45, 2.75) is 21.9 Å². The van der Waals surface area contributed by atoms with Crippen molar-refractivity contribution in [2.75, 3.05) is 24.6 Å². The first-order valence-electron chi connectivity index (χ1n) is 11.7. The number of nitrogens with one attached hydrogen (secondary N) is 1. The summed E-state index contributed by atoms with van der Waals surface area (Å²) in [5.74, 6) is -0.659. The van der Waals surface area contributed by atoms with Gasteiger partial charge in [0.05, 0.1) is 18.2 Å². The molecule has 0 spiro atoms. The molecule has 8 nitrogen and oxygen atoms in total. The second kappa shape index (κ2) is 10.8. The number of H-pyrrole nitrogens is 1. The van der Waals surface area contributed by atoms with Crippen molar-refractivity contribution in [3.63, 3.8) is 0 Å². The zero-order valence-electron chi connectivity index (χ0n) is 19.7. The number of ether oxygens (including phenoxy) is 1. The van der Waals surface area contributed by atoms with Crippen molar-refractivity contribution in [1.29, 1.82) is 0 Å². The fourth-order valence-electron chi connectivity index (χ4n) is 4.39. The number of aromatic amines is 1. The standard InChI is InChI=1S/C27H25ClN4O4S/c28-20-8-4-5-9-22(20)37-24-26(34)30-32(27(24)35)23(17-6-2-1-3-7-17)18-10-12-19(13-11-18)31-14-15-36-21(16-31)25(29)33/h1-13,21,23,35H,14-16H2,(H2,29,33)(H,30,34). The minimum atomic E-state index is -0.651. The maximum absolute atomic E-state index is 12.9. The molecule has 37 heavy (non-hydrogen) atoms. The van der Waals surface area contributed by atoms with Crippen LogP contribution in [0.2, 0.25) is 5.02 Å². The van der Waals surface area contributed by atoms with E-state index in [0.717, 1.165) is 28.6 Å². The van der Waals surface area contributed by atoms with Crippen LogP contribution in [-0.2, 0) is 9.53 Å². The SMILES string of the molecule is NC(=O)C1CN(c2ccc(C(c3ccccc3)n3[nH]c(=O)c(Sc4ccccc4Cl)c3O)cc2)CCO1. The number of hydrogen-bond acceptors (Lipinski definition) is 6. The first kappa shape index (κ1) is 25.0. The molecule has 1 fully saturated rings. The number of halogens is 1. The fourth-order valence-corrected chi connectivity index (χ4v) is 5.50. The van der Waals surface area contributed by atoms with Crippen molar-refractivity contribution < 1.29 is 14.6 Å². The Morgan fingerprint density at radius 3 is 2.43 bits per heavy atom. The van der Waals surface area contributed by atoms with Crippen LogP contribution in [0.15, 0.2) is 93.4 Å². The van der Waals surface area contributed by atoms with Gasteiger partial charge in [-0.15, -0.1) is 0 Å². The van der Waals surface area contributed by atoms with E-state index in [2.05, 4.69) is 5.10 Å². The molecule has 0 aliphatic carbocycles. The van der Waals surface area contributed by atoms with Gasteiger partial charge in [-0.05, 0) is 35.4 Å². The van der Waals surface area contributed by atoms with Gasteiger partial charge < -0.3 is 20.5 Å². The molecule has 2 unspecified atom stereocenters. The van der Waals surface area contributed by atoms with E-state index in [-0.39, 0.29) is 10.8 Å². The van der Waals surface area contributed by atoms with Gasteiger partial charge in [-0.2, -0.15) is 0 Å². The van der Waals surface area contributed by atoms with E-state index in [0.29, 0.717) is 29.6 Å². The van der Waals surface area contributed by atoms with Gasteiger partial charge in [0.1, 0.15) is 10.9 Å². The lowest BCUT2D eigenvalue weighted by Gasteiger charge is -2.33. The van der Waals surface area contributed by atoms with Crippen LogP contribution in [0.3, 0.4) is 0 Å². The van der Waals surface area contributed by atoms with Crippen molar-refractivity contribution in [2.24, 2.45) is 5.73 Å². The summed E-state index contributed by atoms with van der Waals surface area (Å²) in [5, 5.41) is 14.5. The Morgan fingerprint density at radius 1 is 1.05 bits per heavy atom. The fraction of sp³-hybridized carbons (Fsp3) is 0.185. The number of carbonyl (C=O) groups excluding carboxylic acids is 1. The lowest BCUT2D eigenvalue weighted by atomic mass is 9.98. The topological polar surface area (TPSA) is 114 Å². The molecule has 1 aliphatic rings. The van der Waals surface area contributed by atoms with E-state index >= 15 is 0 Å². The number of rotatable bonds is 7. The summed E-state index contributed by atoms with van der Waals surface area (Å²) < 4.78 is 6.93. The number of anilines is 1. The Morgan fingerprint density at radius 2 is 1.73 bits per heavy atom. The predicted molar refractivity (Wildman–Crippen MR) is 144 cm³/mol. The number of aromatic nitrogens is 2. The molecular weight excluding hydrogens is 512 g/mol. The molecule has 1 saturated heterocycles. The summed E-state index contributed by atoms with van der Waals surface area (Å²) in [5.41, 5.74) is 7.67. The monoisotopic (exact) mass is 536 g/mol. The third-order valence-electron chi connectivity index (χ3n) is 6.24. The lowest BCUT2D eigenvalue weighted by Crippen LogP contribution is -2.48. The van der Waals surface area contributed by atoms with Crippen LogP contribution in [0, 0.1) is 0 Å². The molecular formula is C27H25ClN4O4S. The Hall–Kier alpha value is -3.66. The molecule has 2 heterocycles. The largest absolute Gasteiger partial charge is 0.493 e. The Kier molecular flexibility index (Phi) is 7.27.